The fourth-order valence-electron chi connectivity index (χ4n) is 4.94. The van der Waals surface area contributed by atoms with Gasteiger partial charge in [0.15, 0.2) is 0 Å². The van der Waals surface area contributed by atoms with E-state index in [2.05, 4.69) is 13.8 Å². The van der Waals surface area contributed by atoms with E-state index in [4.69, 9.17) is 24.3 Å². The topological polar surface area (TPSA) is 117 Å². The van der Waals surface area contributed by atoms with Crippen LogP contribution >= 0.6 is 7.82 Å². The summed E-state index contributed by atoms with van der Waals surface area (Å²) in [6.45, 7) is 4.92. The first-order chi connectivity index (χ1) is 20.4. The molecule has 0 aliphatic carbocycles. The Morgan fingerprint density at radius 2 is 1.05 bits per heavy atom. The fraction of sp³-hybridized carbons (Fsp3) is 0.970. The van der Waals surface area contributed by atoms with Gasteiger partial charge in [-0.1, -0.05) is 149 Å². The smallest absolute Gasteiger partial charge is 0.457 e. The highest BCUT2D eigenvalue weighted by Gasteiger charge is 2.25. The summed E-state index contributed by atoms with van der Waals surface area (Å²) >= 11 is 0. The van der Waals surface area contributed by atoms with E-state index in [-0.39, 0.29) is 32.3 Å². The summed E-state index contributed by atoms with van der Waals surface area (Å²) in [6, 6.07) is 0. The molecule has 0 aliphatic heterocycles. The fourth-order valence-corrected chi connectivity index (χ4v) is 5.70. The van der Waals surface area contributed by atoms with Crippen LogP contribution < -0.4 is 5.73 Å². The summed E-state index contributed by atoms with van der Waals surface area (Å²) in [5, 5.41) is 0. The van der Waals surface area contributed by atoms with E-state index in [1.807, 2.05) is 0 Å². The number of unbranched alkanes of at least 4 members (excludes halogenated alkanes) is 21. The molecule has 0 aromatic heterocycles. The van der Waals surface area contributed by atoms with Gasteiger partial charge < -0.3 is 20.1 Å². The van der Waals surface area contributed by atoms with Crippen molar-refractivity contribution < 1.29 is 32.8 Å². The Hall–Kier alpha value is -0.500. The summed E-state index contributed by atoms with van der Waals surface area (Å²) in [4.78, 5) is 22.2. The summed E-state index contributed by atoms with van der Waals surface area (Å²) in [5.74, 6) is -0.331. The predicted octanol–water partition coefficient (Wildman–Crippen LogP) is 9.41. The minimum Gasteiger partial charge on any atom is -0.457 e. The lowest BCUT2D eigenvalue weighted by Crippen LogP contribution is -2.28. The molecular weight excluding hydrogens is 553 g/mol. The summed E-state index contributed by atoms with van der Waals surface area (Å²) in [7, 11) is -4.25. The average molecular weight is 622 g/mol. The molecule has 0 radical (unpaired) electrons. The molecule has 0 saturated heterocycles. The van der Waals surface area contributed by atoms with E-state index in [0.29, 0.717) is 13.0 Å². The largest absolute Gasteiger partial charge is 0.472 e. The molecule has 252 valence electrons. The van der Waals surface area contributed by atoms with Crippen LogP contribution in [0.15, 0.2) is 0 Å². The van der Waals surface area contributed by atoms with Crippen LogP contribution in [-0.4, -0.2) is 49.9 Å². The van der Waals surface area contributed by atoms with Crippen LogP contribution in [0.25, 0.3) is 0 Å². The van der Waals surface area contributed by atoms with Crippen LogP contribution in [0, 0.1) is 0 Å². The number of esters is 1. The number of hydrogen-bond donors (Lipinski definition) is 2. The molecule has 0 aromatic rings. The van der Waals surface area contributed by atoms with Gasteiger partial charge in [0.1, 0.15) is 6.10 Å². The maximum absolute atomic E-state index is 12.4. The highest BCUT2D eigenvalue weighted by Crippen LogP contribution is 2.43. The maximum atomic E-state index is 12.4. The van der Waals surface area contributed by atoms with Gasteiger partial charge in [-0.25, -0.2) is 4.57 Å². The Labute approximate surface area is 259 Å². The number of rotatable bonds is 34. The Balaban J connectivity index is 4.06. The molecule has 0 aromatic carbocycles. The Bertz CT molecular complexity index is 623. The highest BCUT2D eigenvalue weighted by molar-refractivity contribution is 7.47. The summed E-state index contributed by atoms with van der Waals surface area (Å²) < 4.78 is 33.2. The highest BCUT2D eigenvalue weighted by atomic mass is 31.2. The lowest BCUT2D eigenvalue weighted by Gasteiger charge is -2.20. The van der Waals surface area contributed by atoms with Crippen molar-refractivity contribution in [2.45, 2.75) is 174 Å². The zero-order valence-electron chi connectivity index (χ0n) is 27.5. The van der Waals surface area contributed by atoms with Gasteiger partial charge in [-0.15, -0.1) is 0 Å². The predicted molar refractivity (Wildman–Crippen MR) is 174 cm³/mol. The van der Waals surface area contributed by atoms with Crippen molar-refractivity contribution in [1.29, 1.82) is 0 Å². The maximum Gasteiger partial charge on any atom is 0.472 e. The van der Waals surface area contributed by atoms with Crippen LogP contribution in [0.1, 0.15) is 168 Å². The quantitative estimate of drug-likeness (QED) is 0.0414. The monoisotopic (exact) mass is 621 g/mol. The first kappa shape index (κ1) is 41.5. The zero-order chi connectivity index (χ0) is 31.0. The molecule has 0 spiro atoms. The number of phosphoric ester groups is 1. The van der Waals surface area contributed by atoms with E-state index in [1.54, 1.807) is 0 Å². The number of carbonyl (C=O) groups is 1. The van der Waals surface area contributed by atoms with Gasteiger partial charge in [0, 0.05) is 19.6 Å². The number of ether oxygens (including phenoxy) is 2. The van der Waals surface area contributed by atoms with Gasteiger partial charge in [0.2, 0.25) is 0 Å². The van der Waals surface area contributed by atoms with Crippen LogP contribution in [-0.2, 0) is 27.9 Å². The van der Waals surface area contributed by atoms with Crippen LogP contribution in [0.4, 0.5) is 0 Å². The van der Waals surface area contributed by atoms with Crippen molar-refractivity contribution in [3.05, 3.63) is 0 Å². The van der Waals surface area contributed by atoms with Crippen molar-refractivity contribution >= 4 is 13.8 Å². The third-order valence-electron chi connectivity index (χ3n) is 7.52. The molecule has 0 heterocycles. The van der Waals surface area contributed by atoms with Crippen molar-refractivity contribution in [3.63, 3.8) is 0 Å². The Morgan fingerprint density at radius 1 is 0.619 bits per heavy atom. The van der Waals surface area contributed by atoms with E-state index >= 15 is 0 Å². The van der Waals surface area contributed by atoms with E-state index < -0.39 is 13.9 Å². The van der Waals surface area contributed by atoms with Gasteiger partial charge in [0.05, 0.1) is 19.8 Å². The molecule has 0 rings (SSSR count). The second-order valence-corrected chi connectivity index (χ2v) is 13.2. The van der Waals surface area contributed by atoms with Crippen LogP contribution in [0.3, 0.4) is 0 Å². The third kappa shape index (κ3) is 30.9. The van der Waals surface area contributed by atoms with Crippen molar-refractivity contribution in [1.82, 2.24) is 0 Å². The molecule has 1 unspecified atom stereocenters. The molecular formula is C33H68NO7P. The SMILES string of the molecule is CCCCCCCCCCCCCCCCOC[C@H](COP(=O)(O)OCCN)OC(=O)CCCCCCCCCCC. The molecule has 42 heavy (non-hydrogen) atoms. The Morgan fingerprint density at radius 3 is 1.50 bits per heavy atom. The van der Waals surface area contributed by atoms with E-state index in [0.717, 1.165) is 32.1 Å². The Kier molecular flexibility index (Phi) is 31.5. The molecule has 0 saturated carbocycles. The van der Waals surface area contributed by atoms with Gasteiger partial charge in [-0.05, 0) is 12.8 Å². The normalized spacial score (nSPS) is 13.7. The zero-order valence-corrected chi connectivity index (χ0v) is 28.4. The number of phosphoric acid groups is 1. The van der Waals surface area contributed by atoms with Crippen LogP contribution in [0.5, 0.6) is 0 Å². The number of hydrogen-bond acceptors (Lipinski definition) is 7. The average Bonchev–Trinajstić information content (AvgIpc) is 2.97. The minimum absolute atomic E-state index is 0.0908. The lowest BCUT2D eigenvalue weighted by atomic mass is 10.0. The van der Waals surface area contributed by atoms with Gasteiger partial charge in [-0.3, -0.25) is 13.8 Å². The standard InChI is InChI=1S/C33H68NO7P/c1-3-5-7-9-11-13-14-15-16-17-19-21-23-25-28-38-30-32(31-40-42(36,37)39-29-27-34)41-33(35)26-24-22-20-18-12-10-8-6-4-2/h32H,3-31,34H2,1-2H3,(H,36,37)/t32-/m1/s1. The minimum atomic E-state index is -4.25. The summed E-state index contributed by atoms with van der Waals surface area (Å²) in [6.07, 6.45) is 28.3. The van der Waals surface area contributed by atoms with Gasteiger partial charge in [0.25, 0.3) is 0 Å². The second-order valence-electron chi connectivity index (χ2n) is 11.7. The molecule has 0 fully saturated rings. The molecule has 0 bridgehead atoms. The number of carbonyl (C=O) groups excluding carboxylic acids is 1. The van der Waals surface area contributed by atoms with Crippen molar-refractivity contribution in [3.8, 4) is 0 Å². The number of nitrogens with two attached hydrogens (primary N) is 1. The first-order valence-corrected chi connectivity index (χ1v) is 19.0. The van der Waals surface area contributed by atoms with Gasteiger partial charge in [-0.2, -0.15) is 0 Å². The van der Waals surface area contributed by atoms with Crippen LogP contribution in [0.2, 0.25) is 0 Å². The molecule has 3 N–H and O–H groups in total. The molecule has 0 amide bonds. The van der Waals surface area contributed by atoms with E-state index in [1.165, 1.54) is 116 Å². The molecule has 8 nitrogen and oxygen atoms in total. The summed E-state index contributed by atoms with van der Waals surface area (Å²) in [5.41, 5.74) is 5.33. The molecule has 2 atom stereocenters. The third-order valence-corrected chi connectivity index (χ3v) is 8.51. The first-order valence-electron chi connectivity index (χ1n) is 17.5. The van der Waals surface area contributed by atoms with Crippen molar-refractivity contribution in [2.24, 2.45) is 5.73 Å². The molecule has 9 heteroatoms. The van der Waals surface area contributed by atoms with E-state index in [9.17, 15) is 14.3 Å². The van der Waals surface area contributed by atoms with Gasteiger partial charge >= 0.3 is 13.8 Å². The second kappa shape index (κ2) is 31.9. The lowest BCUT2D eigenvalue weighted by molar-refractivity contribution is -0.154. The van der Waals surface area contributed by atoms with Crippen molar-refractivity contribution in [2.75, 3.05) is 33.0 Å². The molecule has 0 aliphatic rings.